The van der Waals surface area contributed by atoms with Crippen LogP contribution in [0, 0.1) is 0 Å². The summed E-state index contributed by atoms with van der Waals surface area (Å²) in [6, 6.07) is 7.40. The number of carbonyl (C=O) groups is 1. The Morgan fingerprint density at radius 3 is 2.69 bits per heavy atom. The number of nitrogens with one attached hydrogen (secondary N) is 1. The topological polar surface area (TPSA) is 88.6 Å². The third kappa shape index (κ3) is 5.99. The number of ether oxygens (including phenoxy) is 1. The van der Waals surface area contributed by atoms with Crippen LogP contribution >= 0.6 is 22.9 Å². The zero-order valence-electron chi connectivity index (χ0n) is 16.3. The molecule has 1 amide bonds. The van der Waals surface area contributed by atoms with Crippen LogP contribution in [0.4, 0.5) is 0 Å². The summed E-state index contributed by atoms with van der Waals surface area (Å²) in [4.78, 5) is 16.7. The number of hydrogen-bond acceptors (Lipinski definition) is 6. The van der Waals surface area contributed by atoms with Gasteiger partial charge in [0.1, 0.15) is 5.01 Å². The van der Waals surface area contributed by atoms with Crippen LogP contribution in [-0.4, -0.2) is 61.2 Å². The molecular formula is C19H24ClN3O4S2. The van der Waals surface area contributed by atoms with E-state index in [-0.39, 0.29) is 36.8 Å². The summed E-state index contributed by atoms with van der Waals surface area (Å²) < 4.78 is 32.0. The molecule has 1 fully saturated rings. The highest BCUT2D eigenvalue weighted by Crippen LogP contribution is 2.30. The summed E-state index contributed by atoms with van der Waals surface area (Å²) in [6.07, 6.45) is -0.188. The van der Waals surface area contributed by atoms with E-state index in [4.69, 9.17) is 16.3 Å². The average molecular weight is 458 g/mol. The number of amides is 1. The monoisotopic (exact) mass is 457 g/mol. The van der Waals surface area contributed by atoms with Crippen molar-refractivity contribution in [2.45, 2.75) is 32.5 Å². The average Bonchev–Trinajstić information content (AvgIpc) is 3.09. The number of halogens is 1. The fourth-order valence-corrected chi connectivity index (χ4v) is 5.81. The smallest absolute Gasteiger partial charge is 0.226 e. The number of sulfonamides is 1. The number of aromatic nitrogens is 1. The van der Waals surface area contributed by atoms with Crippen molar-refractivity contribution in [3.8, 4) is 10.6 Å². The Morgan fingerprint density at radius 1 is 1.31 bits per heavy atom. The zero-order chi connectivity index (χ0) is 21.0. The number of rotatable bonds is 7. The molecule has 0 spiro atoms. The molecule has 1 aromatic heterocycles. The minimum Gasteiger partial charge on any atom is -0.373 e. The first-order valence-corrected chi connectivity index (χ1v) is 12.2. The Kier molecular flexibility index (Phi) is 7.28. The van der Waals surface area contributed by atoms with Crippen LogP contribution in [0.2, 0.25) is 5.02 Å². The van der Waals surface area contributed by atoms with Crippen molar-refractivity contribution in [3.05, 3.63) is 40.4 Å². The van der Waals surface area contributed by atoms with Crippen molar-refractivity contribution in [2.75, 3.05) is 25.4 Å². The summed E-state index contributed by atoms with van der Waals surface area (Å²) >= 11 is 7.60. The van der Waals surface area contributed by atoms with Gasteiger partial charge in [0.05, 0.1) is 35.1 Å². The van der Waals surface area contributed by atoms with E-state index < -0.39 is 10.0 Å². The lowest BCUT2D eigenvalue weighted by molar-refractivity contribution is -0.120. The van der Waals surface area contributed by atoms with Crippen LogP contribution in [-0.2, 0) is 26.0 Å². The van der Waals surface area contributed by atoms with Gasteiger partial charge in [0, 0.05) is 30.6 Å². The van der Waals surface area contributed by atoms with Gasteiger partial charge >= 0.3 is 0 Å². The van der Waals surface area contributed by atoms with Crippen molar-refractivity contribution < 1.29 is 17.9 Å². The second kappa shape index (κ2) is 9.53. The lowest BCUT2D eigenvalue weighted by Crippen LogP contribution is -2.49. The molecule has 1 aromatic carbocycles. The molecule has 2 aromatic rings. The summed E-state index contributed by atoms with van der Waals surface area (Å²) in [5.74, 6) is -0.403. The minimum absolute atomic E-state index is 0.0583. The number of morpholine rings is 1. The van der Waals surface area contributed by atoms with Crippen LogP contribution in [0.1, 0.15) is 19.5 Å². The van der Waals surface area contributed by atoms with Gasteiger partial charge in [-0.3, -0.25) is 4.79 Å². The van der Waals surface area contributed by atoms with Gasteiger partial charge in [-0.15, -0.1) is 11.3 Å². The van der Waals surface area contributed by atoms with Crippen LogP contribution in [0.5, 0.6) is 0 Å². The molecule has 7 nitrogen and oxygen atoms in total. The summed E-state index contributed by atoms with van der Waals surface area (Å²) in [5.41, 5.74) is 1.45. The van der Waals surface area contributed by atoms with E-state index in [2.05, 4.69) is 10.3 Å². The molecule has 1 aliphatic rings. The number of benzene rings is 1. The summed E-state index contributed by atoms with van der Waals surface area (Å²) in [6.45, 7) is 4.44. The molecule has 0 saturated carbocycles. The number of carbonyl (C=O) groups excluding carboxylic acids is 1. The number of nitrogens with zero attached hydrogens (tertiary/aromatic N) is 2. The molecule has 29 heavy (non-hydrogen) atoms. The van der Waals surface area contributed by atoms with Crippen molar-refractivity contribution in [3.63, 3.8) is 0 Å². The standard InChI is InChI=1S/C19H24ClN3O4S2/c1-13-10-23(11-14(2)27-13)29(25,26)8-7-21-18(24)9-15-12-28-19(22-15)16-5-3-4-6-17(16)20/h3-6,12-14H,7-11H2,1-2H3,(H,21,24). The summed E-state index contributed by atoms with van der Waals surface area (Å²) in [7, 11) is -3.44. The van der Waals surface area contributed by atoms with E-state index >= 15 is 0 Å². The fourth-order valence-electron chi connectivity index (χ4n) is 3.18. The highest BCUT2D eigenvalue weighted by atomic mass is 35.5. The van der Waals surface area contributed by atoms with E-state index in [0.717, 1.165) is 10.6 Å². The van der Waals surface area contributed by atoms with Gasteiger partial charge in [0.25, 0.3) is 0 Å². The van der Waals surface area contributed by atoms with Crippen molar-refractivity contribution in [1.29, 1.82) is 0 Å². The molecule has 3 rings (SSSR count). The third-order valence-corrected chi connectivity index (χ3v) is 7.52. The minimum atomic E-state index is -3.44. The van der Waals surface area contributed by atoms with Gasteiger partial charge in [-0.2, -0.15) is 4.31 Å². The quantitative estimate of drug-likeness (QED) is 0.690. The summed E-state index contributed by atoms with van der Waals surface area (Å²) in [5, 5.41) is 5.84. The zero-order valence-corrected chi connectivity index (χ0v) is 18.7. The van der Waals surface area contributed by atoms with Gasteiger partial charge in [0.2, 0.25) is 15.9 Å². The maximum atomic E-state index is 12.5. The van der Waals surface area contributed by atoms with Crippen LogP contribution in [0.25, 0.3) is 10.6 Å². The second-order valence-electron chi connectivity index (χ2n) is 7.04. The number of thiazole rings is 1. The Balaban J connectivity index is 1.50. The number of hydrogen-bond donors (Lipinski definition) is 1. The maximum Gasteiger partial charge on any atom is 0.226 e. The van der Waals surface area contributed by atoms with Gasteiger partial charge in [-0.25, -0.2) is 13.4 Å². The predicted octanol–water partition coefficient (Wildman–Crippen LogP) is 2.56. The predicted molar refractivity (Wildman–Crippen MR) is 115 cm³/mol. The Bertz CT molecular complexity index is 954. The first-order chi connectivity index (χ1) is 13.7. The van der Waals surface area contributed by atoms with Crippen molar-refractivity contribution in [1.82, 2.24) is 14.6 Å². The molecule has 0 radical (unpaired) electrons. The van der Waals surface area contributed by atoms with E-state index in [9.17, 15) is 13.2 Å². The Hall–Kier alpha value is -1.52. The van der Waals surface area contributed by atoms with Gasteiger partial charge < -0.3 is 10.1 Å². The fraction of sp³-hybridized carbons (Fsp3) is 0.474. The molecule has 2 atom stereocenters. The van der Waals surface area contributed by atoms with E-state index in [1.54, 1.807) is 6.07 Å². The molecule has 2 unspecified atom stereocenters. The SMILES string of the molecule is CC1CN(S(=O)(=O)CCNC(=O)Cc2csc(-c3ccccc3Cl)n2)CC(C)O1. The molecule has 10 heteroatoms. The highest BCUT2D eigenvalue weighted by molar-refractivity contribution is 7.89. The third-order valence-electron chi connectivity index (χ3n) is 4.46. The molecule has 1 aliphatic heterocycles. The van der Waals surface area contributed by atoms with Crippen LogP contribution in [0.15, 0.2) is 29.6 Å². The van der Waals surface area contributed by atoms with Gasteiger partial charge in [0.15, 0.2) is 0 Å². The van der Waals surface area contributed by atoms with Crippen LogP contribution in [0.3, 0.4) is 0 Å². The molecule has 1 saturated heterocycles. The lowest BCUT2D eigenvalue weighted by atomic mass is 10.2. The first kappa shape index (κ1) is 22.2. The molecule has 2 heterocycles. The Morgan fingerprint density at radius 2 is 2.00 bits per heavy atom. The molecular weight excluding hydrogens is 434 g/mol. The second-order valence-corrected chi connectivity index (χ2v) is 10.4. The molecule has 158 valence electrons. The molecule has 0 aliphatic carbocycles. The maximum absolute atomic E-state index is 12.5. The lowest BCUT2D eigenvalue weighted by Gasteiger charge is -2.34. The van der Waals surface area contributed by atoms with Crippen molar-refractivity contribution in [2.24, 2.45) is 0 Å². The van der Waals surface area contributed by atoms with Gasteiger partial charge in [-0.1, -0.05) is 29.8 Å². The van der Waals surface area contributed by atoms with Crippen molar-refractivity contribution >= 4 is 38.9 Å². The largest absolute Gasteiger partial charge is 0.373 e. The molecule has 0 bridgehead atoms. The highest BCUT2D eigenvalue weighted by Gasteiger charge is 2.30. The van der Waals surface area contributed by atoms with Gasteiger partial charge in [-0.05, 0) is 19.9 Å². The molecule has 1 N–H and O–H groups in total. The first-order valence-electron chi connectivity index (χ1n) is 9.34. The van der Waals surface area contributed by atoms with E-state index in [0.29, 0.717) is 23.8 Å². The normalized spacial score (nSPS) is 20.5. The Labute approximate surface area is 180 Å². The van der Waals surface area contributed by atoms with Crippen LogP contribution < -0.4 is 5.32 Å². The van der Waals surface area contributed by atoms with E-state index in [1.165, 1.54) is 15.6 Å². The van der Waals surface area contributed by atoms with E-state index in [1.807, 2.05) is 37.4 Å².